The van der Waals surface area contributed by atoms with E-state index < -0.39 is 15.6 Å². The van der Waals surface area contributed by atoms with E-state index in [4.69, 9.17) is 18.9 Å². The van der Waals surface area contributed by atoms with E-state index in [0.717, 1.165) is 10.9 Å². The number of anilines is 1. The number of benzene rings is 2. The van der Waals surface area contributed by atoms with Gasteiger partial charge in [-0.15, -0.1) is 0 Å². The predicted molar refractivity (Wildman–Crippen MR) is 125 cm³/mol. The van der Waals surface area contributed by atoms with Gasteiger partial charge in [0.15, 0.2) is 17.3 Å². The molecule has 6 rings (SSSR count). The Morgan fingerprint density at radius 3 is 2.24 bits per heavy atom. The van der Waals surface area contributed by atoms with Crippen LogP contribution in [0.15, 0.2) is 52.4 Å². The first-order valence-corrected chi connectivity index (χ1v) is 13.0. The molecule has 34 heavy (non-hydrogen) atoms. The van der Waals surface area contributed by atoms with Crippen LogP contribution in [0.5, 0.6) is 11.5 Å². The van der Waals surface area contributed by atoms with E-state index in [2.05, 4.69) is 9.88 Å². The van der Waals surface area contributed by atoms with Crippen molar-refractivity contribution in [2.45, 2.75) is 35.3 Å². The number of ether oxygens (including phenoxy) is 4. The summed E-state index contributed by atoms with van der Waals surface area (Å²) in [4.78, 5) is 7.07. The molecule has 0 aliphatic carbocycles. The molecular formula is C25H26N2O6S. The standard InChI is InChI=1S/C25H26N2O6S/c1-17-2-4-18(5-3-17)34(28,29)23-16-26-20-15-22-21(30-10-11-31-22)14-19(20)24(23)27-8-6-25(7-9-27)32-12-13-33-25/h2-5,14-16H,6-13H2,1H3. The Balaban J connectivity index is 1.51. The lowest BCUT2D eigenvalue weighted by molar-refractivity contribution is -0.169. The summed E-state index contributed by atoms with van der Waals surface area (Å²) in [5.41, 5.74) is 2.30. The largest absolute Gasteiger partial charge is 0.486 e. The zero-order valence-electron chi connectivity index (χ0n) is 19.0. The fourth-order valence-electron chi connectivity index (χ4n) is 4.92. The maximum atomic E-state index is 13.8. The lowest BCUT2D eigenvalue weighted by atomic mass is 10.0. The first-order chi connectivity index (χ1) is 16.5. The summed E-state index contributed by atoms with van der Waals surface area (Å²) in [6, 6.07) is 10.6. The molecule has 3 aliphatic rings. The molecular weight excluding hydrogens is 456 g/mol. The topological polar surface area (TPSA) is 87.2 Å². The third-order valence-electron chi connectivity index (χ3n) is 6.75. The van der Waals surface area contributed by atoms with Crippen LogP contribution in [0.4, 0.5) is 5.69 Å². The normalized spacial score (nSPS) is 19.6. The average Bonchev–Trinajstić information content (AvgIpc) is 3.31. The molecule has 8 nitrogen and oxygen atoms in total. The van der Waals surface area contributed by atoms with Crippen LogP contribution in [0.2, 0.25) is 0 Å². The summed E-state index contributed by atoms with van der Waals surface area (Å²) in [6.07, 6.45) is 2.78. The second-order valence-corrected chi connectivity index (χ2v) is 10.8. The second kappa shape index (κ2) is 8.11. The minimum atomic E-state index is -3.81. The quantitative estimate of drug-likeness (QED) is 0.561. The third-order valence-corrected chi connectivity index (χ3v) is 8.52. The van der Waals surface area contributed by atoms with E-state index in [-0.39, 0.29) is 9.79 Å². The van der Waals surface area contributed by atoms with Crippen LogP contribution in [0.25, 0.3) is 10.9 Å². The fraction of sp³-hybridized carbons (Fsp3) is 0.400. The molecule has 0 atom stereocenters. The van der Waals surface area contributed by atoms with Gasteiger partial charge in [-0.3, -0.25) is 4.98 Å². The van der Waals surface area contributed by atoms with Gasteiger partial charge in [-0.25, -0.2) is 8.42 Å². The highest BCUT2D eigenvalue weighted by molar-refractivity contribution is 7.91. The molecule has 2 aromatic carbocycles. The Bertz CT molecular complexity index is 1340. The van der Waals surface area contributed by atoms with Crippen molar-refractivity contribution in [2.75, 3.05) is 44.4 Å². The van der Waals surface area contributed by atoms with Crippen LogP contribution in [-0.4, -0.2) is 58.7 Å². The first kappa shape index (κ1) is 21.6. The lowest BCUT2D eigenvalue weighted by Gasteiger charge is -2.39. The summed E-state index contributed by atoms with van der Waals surface area (Å²) in [5.74, 6) is 0.658. The summed E-state index contributed by atoms with van der Waals surface area (Å²) in [6.45, 7) is 5.24. The minimum Gasteiger partial charge on any atom is -0.486 e. The smallest absolute Gasteiger partial charge is 0.210 e. The van der Waals surface area contributed by atoms with Crippen LogP contribution in [0.3, 0.4) is 0 Å². The predicted octanol–water partition coefficient (Wildman–Crippen LogP) is 3.49. The van der Waals surface area contributed by atoms with E-state index >= 15 is 0 Å². The van der Waals surface area contributed by atoms with Gasteiger partial charge in [-0.2, -0.15) is 0 Å². The molecule has 0 unspecified atom stereocenters. The second-order valence-electron chi connectivity index (χ2n) is 8.90. The Morgan fingerprint density at radius 1 is 0.912 bits per heavy atom. The number of piperidine rings is 1. The van der Waals surface area contributed by atoms with Crippen molar-refractivity contribution >= 4 is 26.4 Å². The monoisotopic (exact) mass is 482 g/mol. The molecule has 0 N–H and O–H groups in total. The number of pyridine rings is 1. The summed E-state index contributed by atoms with van der Waals surface area (Å²) in [7, 11) is -3.81. The van der Waals surface area contributed by atoms with Crippen molar-refractivity contribution in [3.8, 4) is 11.5 Å². The molecule has 3 aliphatic heterocycles. The molecule has 0 radical (unpaired) electrons. The highest BCUT2D eigenvalue weighted by Gasteiger charge is 2.41. The van der Waals surface area contributed by atoms with Gasteiger partial charge in [0.1, 0.15) is 18.1 Å². The van der Waals surface area contributed by atoms with Crippen molar-refractivity contribution in [2.24, 2.45) is 0 Å². The highest BCUT2D eigenvalue weighted by Crippen LogP contribution is 2.43. The highest BCUT2D eigenvalue weighted by atomic mass is 32.2. The van der Waals surface area contributed by atoms with Crippen molar-refractivity contribution < 1.29 is 27.4 Å². The Hall–Kier alpha value is -2.88. The van der Waals surface area contributed by atoms with Gasteiger partial charge in [-0.1, -0.05) is 17.7 Å². The molecule has 3 aromatic rings. The third kappa shape index (κ3) is 3.59. The van der Waals surface area contributed by atoms with E-state index in [1.54, 1.807) is 12.1 Å². The summed E-state index contributed by atoms with van der Waals surface area (Å²) < 4.78 is 51.0. The van der Waals surface area contributed by atoms with Crippen LogP contribution in [-0.2, 0) is 19.3 Å². The molecule has 178 valence electrons. The SMILES string of the molecule is Cc1ccc(S(=O)(=O)c2cnc3cc4c(cc3c2N2CCC3(CC2)OCCO3)OCCO4)cc1. The molecule has 0 amide bonds. The van der Waals surface area contributed by atoms with Crippen molar-refractivity contribution in [3.05, 3.63) is 48.2 Å². The molecule has 2 saturated heterocycles. The fourth-order valence-corrected chi connectivity index (χ4v) is 6.35. The number of hydrogen-bond donors (Lipinski definition) is 0. The Kier molecular flexibility index (Phi) is 5.16. The molecule has 2 fully saturated rings. The van der Waals surface area contributed by atoms with Gasteiger partial charge >= 0.3 is 0 Å². The van der Waals surface area contributed by atoms with Crippen molar-refractivity contribution in [3.63, 3.8) is 0 Å². The van der Waals surface area contributed by atoms with Gasteiger partial charge in [0.2, 0.25) is 9.84 Å². The molecule has 1 aromatic heterocycles. The molecule has 1 spiro atoms. The first-order valence-electron chi connectivity index (χ1n) is 11.5. The van der Waals surface area contributed by atoms with Crippen molar-refractivity contribution in [1.82, 2.24) is 4.98 Å². The lowest BCUT2D eigenvalue weighted by Crippen LogP contribution is -2.45. The van der Waals surface area contributed by atoms with Gasteiger partial charge in [0.05, 0.1) is 29.3 Å². The van der Waals surface area contributed by atoms with E-state index in [9.17, 15) is 8.42 Å². The van der Waals surface area contributed by atoms with E-state index in [1.807, 2.05) is 31.2 Å². The maximum Gasteiger partial charge on any atom is 0.210 e. The average molecular weight is 483 g/mol. The molecule has 4 heterocycles. The van der Waals surface area contributed by atoms with Crippen LogP contribution in [0, 0.1) is 6.92 Å². The maximum absolute atomic E-state index is 13.8. The van der Waals surface area contributed by atoms with Gasteiger partial charge in [0.25, 0.3) is 0 Å². The zero-order chi connectivity index (χ0) is 23.3. The minimum absolute atomic E-state index is 0.185. The number of nitrogens with zero attached hydrogens (tertiary/aromatic N) is 2. The van der Waals surface area contributed by atoms with E-state index in [0.29, 0.717) is 75.1 Å². The number of aryl methyl sites for hydroxylation is 1. The number of aromatic nitrogens is 1. The molecule has 0 bridgehead atoms. The summed E-state index contributed by atoms with van der Waals surface area (Å²) >= 11 is 0. The number of hydrogen-bond acceptors (Lipinski definition) is 8. The Morgan fingerprint density at radius 2 is 1.56 bits per heavy atom. The summed E-state index contributed by atoms with van der Waals surface area (Å²) in [5, 5.41) is 0.724. The van der Waals surface area contributed by atoms with Gasteiger partial charge < -0.3 is 23.8 Å². The van der Waals surface area contributed by atoms with Gasteiger partial charge in [-0.05, 0) is 25.1 Å². The Labute approximate surface area is 198 Å². The zero-order valence-corrected chi connectivity index (χ0v) is 19.8. The van der Waals surface area contributed by atoms with Crippen LogP contribution in [0.1, 0.15) is 18.4 Å². The molecule has 0 saturated carbocycles. The van der Waals surface area contributed by atoms with Crippen LogP contribution < -0.4 is 14.4 Å². The van der Waals surface area contributed by atoms with Gasteiger partial charge in [0, 0.05) is 43.6 Å². The number of sulfone groups is 1. The van der Waals surface area contributed by atoms with Crippen LogP contribution >= 0.6 is 0 Å². The number of fused-ring (bicyclic) bond motifs is 2. The van der Waals surface area contributed by atoms with Crippen molar-refractivity contribution in [1.29, 1.82) is 0 Å². The number of rotatable bonds is 3. The molecule has 9 heteroatoms. The van der Waals surface area contributed by atoms with E-state index in [1.165, 1.54) is 6.20 Å².